The lowest BCUT2D eigenvalue weighted by molar-refractivity contribution is -0.124. The molecule has 2 aliphatic rings. The van der Waals surface area contributed by atoms with E-state index in [9.17, 15) is 9.59 Å². The maximum Gasteiger partial charge on any atom is 0.254 e. The van der Waals surface area contributed by atoms with Gasteiger partial charge in [0.05, 0.1) is 12.0 Å². The number of hydrogen-bond donors (Lipinski definition) is 1. The molecule has 1 aromatic carbocycles. The Morgan fingerprint density at radius 2 is 2.00 bits per heavy atom. The molecule has 3 heterocycles. The number of likely N-dealkylation sites (tertiary alicyclic amines) is 1. The topological polar surface area (TPSA) is 52.7 Å². The second-order valence-electron chi connectivity index (χ2n) is 10.1. The Kier molecular flexibility index (Phi) is 8.43. The molecule has 4 rings (SSSR count). The van der Waals surface area contributed by atoms with Crippen LogP contribution in [0, 0.1) is 5.92 Å². The average molecular weight is 482 g/mol. The summed E-state index contributed by atoms with van der Waals surface area (Å²) >= 11 is 1.63. The van der Waals surface area contributed by atoms with Gasteiger partial charge in [0.2, 0.25) is 5.91 Å². The van der Waals surface area contributed by atoms with Crippen LogP contribution >= 0.6 is 11.3 Å². The second-order valence-corrected chi connectivity index (χ2v) is 11.1. The van der Waals surface area contributed by atoms with Crippen molar-refractivity contribution in [2.45, 2.75) is 70.9 Å². The van der Waals surface area contributed by atoms with Crippen LogP contribution in [0.1, 0.15) is 85.6 Å². The van der Waals surface area contributed by atoms with Crippen molar-refractivity contribution in [2.24, 2.45) is 5.92 Å². The zero-order valence-corrected chi connectivity index (χ0v) is 21.7. The van der Waals surface area contributed by atoms with Gasteiger partial charge in [0.25, 0.3) is 5.91 Å². The van der Waals surface area contributed by atoms with Crippen molar-refractivity contribution in [1.29, 1.82) is 0 Å². The zero-order valence-electron chi connectivity index (χ0n) is 20.8. The van der Waals surface area contributed by atoms with Crippen LogP contribution in [0.25, 0.3) is 0 Å². The lowest BCUT2D eigenvalue weighted by Crippen LogP contribution is -2.48. The molecule has 1 aromatic heterocycles. The molecule has 34 heavy (non-hydrogen) atoms. The van der Waals surface area contributed by atoms with Crippen LogP contribution in [0.15, 0.2) is 41.8 Å². The summed E-state index contributed by atoms with van der Waals surface area (Å²) in [5, 5.41) is 5.28. The van der Waals surface area contributed by atoms with Crippen LogP contribution in [0.5, 0.6) is 0 Å². The van der Waals surface area contributed by atoms with Gasteiger partial charge in [-0.3, -0.25) is 9.59 Å². The van der Waals surface area contributed by atoms with Gasteiger partial charge in [0.15, 0.2) is 0 Å². The molecule has 0 bridgehead atoms. The van der Waals surface area contributed by atoms with Gasteiger partial charge in [-0.25, -0.2) is 0 Å². The van der Waals surface area contributed by atoms with Gasteiger partial charge in [-0.15, -0.1) is 11.3 Å². The Morgan fingerprint density at radius 1 is 1.18 bits per heavy atom. The van der Waals surface area contributed by atoms with E-state index in [1.165, 1.54) is 32.2 Å². The Hall–Kier alpha value is -2.18. The van der Waals surface area contributed by atoms with E-state index in [4.69, 9.17) is 0 Å². The summed E-state index contributed by atoms with van der Waals surface area (Å²) in [6, 6.07) is 12.2. The van der Waals surface area contributed by atoms with E-state index in [0.717, 1.165) is 23.4 Å². The quantitative estimate of drug-likeness (QED) is 0.484. The van der Waals surface area contributed by atoms with E-state index in [1.807, 2.05) is 40.6 Å². The summed E-state index contributed by atoms with van der Waals surface area (Å²) in [5.41, 5.74) is 1.51. The third kappa shape index (κ3) is 5.38. The number of benzene rings is 1. The number of rotatable bonds is 9. The number of carbonyl (C=O) groups excluding carboxylic acids is 2. The highest BCUT2D eigenvalue weighted by molar-refractivity contribution is 7.10. The predicted molar refractivity (Wildman–Crippen MR) is 139 cm³/mol. The van der Waals surface area contributed by atoms with Gasteiger partial charge in [-0.2, -0.15) is 0 Å². The smallest absolute Gasteiger partial charge is 0.254 e. The molecule has 0 spiro atoms. The average Bonchev–Trinajstić information content (AvgIpc) is 3.38. The minimum atomic E-state index is -0.398. The van der Waals surface area contributed by atoms with Crippen molar-refractivity contribution in [3.05, 3.63) is 57.8 Å². The first-order chi connectivity index (χ1) is 16.5. The Labute approximate surface area is 208 Å². The number of nitrogens with one attached hydrogen (secondary N) is 1. The molecular formula is C28H39N3O2S. The predicted octanol–water partition coefficient (Wildman–Crippen LogP) is 5.46. The molecule has 3 atom stereocenters. The highest BCUT2D eigenvalue weighted by atomic mass is 32.1. The summed E-state index contributed by atoms with van der Waals surface area (Å²) in [6.45, 7) is 10.0. The molecule has 2 aromatic rings. The number of piperidine rings is 1. The molecule has 1 saturated heterocycles. The number of fused-ring (bicyclic) bond motifs is 1. The molecule has 5 nitrogen and oxygen atoms in total. The molecule has 6 heteroatoms. The van der Waals surface area contributed by atoms with Gasteiger partial charge in [0.1, 0.15) is 0 Å². The van der Waals surface area contributed by atoms with Crippen molar-refractivity contribution >= 4 is 23.2 Å². The summed E-state index contributed by atoms with van der Waals surface area (Å²) in [7, 11) is 0. The van der Waals surface area contributed by atoms with Crippen molar-refractivity contribution in [1.82, 2.24) is 15.1 Å². The van der Waals surface area contributed by atoms with Gasteiger partial charge in [0, 0.05) is 36.1 Å². The Balaban J connectivity index is 1.53. The monoisotopic (exact) mass is 481 g/mol. The highest BCUT2D eigenvalue weighted by Crippen LogP contribution is 2.44. The maximum absolute atomic E-state index is 13.7. The minimum absolute atomic E-state index is 0.0257. The zero-order chi connectivity index (χ0) is 24.1. The SMILES string of the molecule is CC[C@@H]1CCCCN1CCCNC(=O)[C@H]1c2ccccc2C(=O)N(CC(C)C)[C@H]1c1cccs1. The fourth-order valence-electron chi connectivity index (χ4n) is 5.67. The lowest BCUT2D eigenvalue weighted by Gasteiger charge is -2.42. The normalized spacial score (nSPS) is 23.2. The van der Waals surface area contributed by atoms with E-state index < -0.39 is 5.92 Å². The van der Waals surface area contributed by atoms with E-state index in [0.29, 0.717) is 30.6 Å². The maximum atomic E-state index is 13.7. The van der Waals surface area contributed by atoms with Crippen LogP contribution in [0.3, 0.4) is 0 Å². The van der Waals surface area contributed by atoms with E-state index >= 15 is 0 Å². The Morgan fingerprint density at radius 3 is 2.74 bits per heavy atom. The molecule has 2 amide bonds. The summed E-state index contributed by atoms with van der Waals surface area (Å²) < 4.78 is 0. The fraction of sp³-hybridized carbons (Fsp3) is 0.571. The molecule has 0 aliphatic carbocycles. The van der Waals surface area contributed by atoms with Crippen LogP contribution in [-0.4, -0.2) is 53.8 Å². The van der Waals surface area contributed by atoms with Crippen LogP contribution in [-0.2, 0) is 4.79 Å². The second kappa shape index (κ2) is 11.5. The van der Waals surface area contributed by atoms with Crippen molar-refractivity contribution in [3.8, 4) is 0 Å². The minimum Gasteiger partial charge on any atom is -0.355 e. The molecule has 1 N–H and O–H groups in total. The van der Waals surface area contributed by atoms with Crippen LogP contribution < -0.4 is 5.32 Å². The number of nitrogens with zero attached hydrogens (tertiary/aromatic N) is 2. The molecule has 1 fully saturated rings. The van der Waals surface area contributed by atoms with Gasteiger partial charge < -0.3 is 15.1 Å². The molecule has 0 saturated carbocycles. The van der Waals surface area contributed by atoms with Gasteiger partial charge in [-0.05, 0) is 61.2 Å². The van der Waals surface area contributed by atoms with Crippen LogP contribution in [0.4, 0.5) is 0 Å². The first kappa shape index (κ1) is 24.9. The number of amides is 2. The first-order valence-electron chi connectivity index (χ1n) is 13.0. The number of hydrogen-bond acceptors (Lipinski definition) is 4. The van der Waals surface area contributed by atoms with E-state index in [1.54, 1.807) is 11.3 Å². The van der Waals surface area contributed by atoms with Crippen molar-refractivity contribution < 1.29 is 9.59 Å². The number of thiophene rings is 1. The highest BCUT2D eigenvalue weighted by Gasteiger charge is 2.44. The standard InChI is InChI=1S/C28H39N3O2S/c1-4-21-11-7-8-16-30(21)17-10-15-29-27(32)25-22-12-5-6-13-23(22)28(33)31(19-20(2)3)26(25)24-14-9-18-34-24/h5-6,9,12-14,18,20-21,25-26H,4,7-8,10-11,15-17,19H2,1-3H3,(H,29,32)/t21-,25+,26+/m1/s1. The molecule has 184 valence electrons. The fourth-order valence-corrected chi connectivity index (χ4v) is 6.54. The first-order valence-corrected chi connectivity index (χ1v) is 13.8. The lowest BCUT2D eigenvalue weighted by atomic mass is 9.81. The third-order valence-corrected chi connectivity index (χ3v) is 8.20. The molecular weight excluding hydrogens is 442 g/mol. The van der Waals surface area contributed by atoms with Crippen molar-refractivity contribution in [3.63, 3.8) is 0 Å². The van der Waals surface area contributed by atoms with Crippen molar-refractivity contribution in [2.75, 3.05) is 26.2 Å². The number of carbonyl (C=O) groups is 2. The molecule has 0 unspecified atom stereocenters. The largest absolute Gasteiger partial charge is 0.355 e. The van der Waals surface area contributed by atoms with E-state index in [2.05, 4.69) is 37.1 Å². The summed E-state index contributed by atoms with van der Waals surface area (Å²) in [4.78, 5) is 32.8. The van der Waals surface area contributed by atoms with Crippen LogP contribution in [0.2, 0.25) is 0 Å². The summed E-state index contributed by atoms with van der Waals surface area (Å²) in [6.07, 6.45) is 6.07. The van der Waals surface area contributed by atoms with E-state index in [-0.39, 0.29) is 17.9 Å². The molecule has 0 radical (unpaired) electrons. The van der Waals surface area contributed by atoms with Gasteiger partial charge in [-0.1, -0.05) is 51.5 Å². The summed E-state index contributed by atoms with van der Waals surface area (Å²) in [5.74, 6) is -0.0265. The Bertz CT molecular complexity index is 958. The third-order valence-electron chi connectivity index (χ3n) is 7.26. The molecule has 2 aliphatic heterocycles. The van der Waals surface area contributed by atoms with Gasteiger partial charge >= 0.3 is 0 Å².